The van der Waals surface area contributed by atoms with Crippen LogP contribution in [-0.2, 0) is 6.54 Å². The van der Waals surface area contributed by atoms with Gasteiger partial charge in [0.25, 0.3) is 0 Å². The Balaban J connectivity index is 2.27. The van der Waals surface area contributed by atoms with E-state index in [0.29, 0.717) is 12.3 Å². The number of methoxy groups -OCH3 is 3. The number of hydrogen-bond donors (Lipinski definition) is 1. The lowest BCUT2D eigenvalue weighted by molar-refractivity contribution is 0.369. The molecule has 23 heavy (non-hydrogen) atoms. The van der Waals surface area contributed by atoms with Gasteiger partial charge in [0.05, 0.1) is 33.4 Å². The van der Waals surface area contributed by atoms with Crippen molar-refractivity contribution in [2.24, 2.45) is 4.99 Å². The fourth-order valence-corrected chi connectivity index (χ4v) is 2.74. The summed E-state index contributed by atoms with van der Waals surface area (Å²) in [6.07, 6.45) is 2.44. The molecule has 1 aromatic carbocycles. The normalized spacial score (nSPS) is 14.8. The van der Waals surface area contributed by atoms with E-state index in [1.54, 1.807) is 21.3 Å². The van der Waals surface area contributed by atoms with Gasteiger partial charge >= 0.3 is 0 Å². The van der Waals surface area contributed by atoms with Crippen molar-refractivity contribution in [1.29, 1.82) is 0 Å². The zero-order chi connectivity index (χ0) is 16.7. The van der Waals surface area contributed by atoms with Crippen LogP contribution in [0.2, 0.25) is 0 Å². The first-order valence-electron chi connectivity index (χ1n) is 8.05. The lowest BCUT2D eigenvalue weighted by Crippen LogP contribution is -2.39. The molecule has 1 fully saturated rings. The van der Waals surface area contributed by atoms with Gasteiger partial charge in [-0.05, 0) is 19.8 Å². The fourth-order valence-electron chi connectivity index (χ4n) is 2.74. The number of hydrogen-bond acceptors (Lipinski definition) is 4. The molecule has 0 radical (unpaired) electrons. The predicted octanol–water partition coefficient (Wildman–Crippen LogP) is 2.27. The smallest absolute Gasteiger partial charge is 0.194 e. The Kier molecular flexibility index (Phi) is 6.38. The van der Waals surface area contributed by atoms with Crippen LogP contribution in [0.1, 0.15) is 25.3 Å². The Morgan fingerprint density at radius 2 is 1.70 bits per heavy atom. The highest BCUT2D eigenvalue weighted by molar-refractivity contribution is 5.80. The van der Waals surface area contributed by atoms with E-state index < -0.39 is 0 Å². The van der Waals surface area contributed by atoms with Gasteiger partial charge in [-0.25, -0.2) is 4.99 Å². The van der Waals surface area contributed by atoms with Crippen molar-refractivity contribution >= 4 is 5.96 Å². The number of likely N-dealkylation sites (tertiary alicyclic amines) is 1. The fraction of sp³-hybridized carbons (Fsp3) is 0.588. The Morgan fingerprint density at radius 3 is 2.17 bits per heavy atom. The van der Waals surface area contributed by atoms with E-state index in [0.717, 1.165) is 42.7 Å². The zero-order valence-corrected chi connectivity index (χ0v) is 14.5. The van der Waals surface area contributed by atoms with Crippen molar-refractivity contribution in [3.63, 3.8) is 0 Å². The summed E-state index contributed by atoms with van der Waals surface area (Å²) in [6.45, 7) is 5.55. The maximum atomic E-state index is 5.48. The molecule has 6 nitrogen and oxygen atoms in total. The molecule has 0 spiro atoms. The molecular formula is C17H27N3O3. The van der Waals surface area contributed by atoms with Gasteiger partial charge in [0.15, 0.2) is 5.96 Å². The topological polar surface area (TPSA) is 55.3 Å². The van der Waals surface area contributed by atoms with E-state index in [-0.39, 0.29) is 0 Å². The summed E-state index contributed by atoms with van der Waals surface area (Å²) in [6, 6.07) is 3.71. The van der Waals surface area contributed by atoms with Crippen LogP contribution in [0.25, 0.3) is 0 Å². The van der Waals surface area contributed by atoms with Gasteiger partial charge in [0.2, 0.25) is 0 Å². The summed E-state index contributed by atoms with van der Waals surface area (Å²) in [5, 5.41) is 3.36. The maximum absolute atomic E-state index is 5.48. The van der Waals surface area contributed by atoms with E-state index >= 15 is 0 Å². The molecule has 1 aliphatic heterocycles. The van der Waals surface area contributed by atoms with Gasteiger partial charge in [0.1, 0.15) is 17.2 Å². The first kappa shape index (κ1) is 17.2. The molecular weight excluding hydrogens is 294 g/mol. The lowest BCUT2D eigenvalue weighted by Gasteiger charge is -2.21. The summed E-state index contributed by atoms with van der Waals surface area (Å²) in [4.78, 5) is 7.07. The lowest BCUT2D eigenvalue weighted by atomic mass is 10.1. The Bertz CT molecular complexity index is 515. The number of nitrogens with zero attached hydrogens (tertiary/aromatic N) is 2. The van der Waals surface area contributed by atoms with Crippen LogP contribution in [-0.4, -0.2) is 51.8 Å². The molecule has 0 unspecified atom stereocenters. The summed E-state index contributed by atoms with van der Waals surface area (Å²) >= 11 is 0. The molecule has 1 saturated heterocycles. The molecule has 0 aromatic heterocycles. The number of rotatable bonds is 6. The number of aliphatic imine (C=N–C) groups is 1. The van der Waals surface area contributed by atoms with Gasteiger partial charge in [-0.15, -0.1) is 0 Å². The average molecular weight is 321 g/mol. The highest BCUT2D eigenvalue weighted by atomic mass is 16.5. The second kappa shape index (κ2) is 8.50. The average Bonchev–Trinajstić information content (AvgIpc) is 3.12. The first-order valence-corrected chi connectivity index (χ1v) is 8.05. The number of guanidine groups is 1. The summed E-state index contributed by atoms with van der Waals surface area (Å²) in [5.74, 6) is 3.10. The third-order valence-electron chi connectivity index (χ3n) is 3.94. The first-order chi connectivity index (χ1) is 11.2. The number of nitrogens with one attached hydrogen (secondary N) is 1. The van der Waals surface area contributed by atoms with Crippen LogP contribution in [0.5, 0.6) is 17.2 Å². The van der Waals surface area contributed by atoms with Crippen LogP contribution >= 0.6 is 0 Å². The van der Waals surface area contributed by atoms with Crippen molar-refractivity contribution in [3.8, 4) is 17.2 Å². The van der Waals surface area contributed by atoms with Crippen molar-refractivity contribution in [1.82, 2.24) is 10.2 Å². The van der Waals surface area contributed by atoms with Gasteiger partial charge in [-0.2, -0.15) is 0 Å². The molecule has 0 saturated carbocycles. The maximum Gasteiger partial charge on any atom is 0.194 e. The van der Waals surface area contributed by atoms with E-state index in [2.05, 4.69) is 17.1 Å². The highest BCUT2D eigenvalue weighted by Gasteiger charge is 2.17. The summed E-state index contributed by atoms with van der Waals surface area (Å²) in [7, 11) is 4.92. The molecule has 0 atom stereocenters. The quantitative estimate of drug-likeness (QED) is 0.643. The monoisotopic (exact) mass is 321 g/mol. The molecule has 128 valence electrons. The van der Waals surface area contributed by atoms with Crippen molar-refractivity contribution in [2.45, 2.75) is 26.3 Å². The molecule has 1 aromatic rings. The molecule has 2 rings (SSSR count). The summed E-state index contributed by atoms with van der Waals surface area (Å²) < 4.78 is 16.3. The third-order valence-corrected chi connectivity index (χ3v) is 3.94. The van der Waals surface area contributed by atoms with Crippen LogP contribution < -0.4 is 19.5 Å². The number of benzene rings is 1. The molecule has 1 heterocycles. The highest BCUT2D eigenvalue weighted by Crippen LogP contribution is 2.34. The molecule has 0 aliphatic carbocycles. The van der Waals surface area contributed by atoms with Crippen LogP contribution in [0.3, 0.4) is 0 Å². The minimum Gasteiger partial charge on any atom is -0.496 e. The minimum absolute atomic E-state index is 0.495. The zero-order valence-electron chi connectivity index (χ0n) is 14.5. The molecule has 0 bridgehead atoms. The number of ether oxygens (including phenoxy) is 3. The van der Waals surface area contributed by atoms with Gasteiger partial charge in [0, 0.05) is 31.8 Å². The Morgan fingerprint density at radius 1 is 1.09 bits per heavy atom. The van der Waals surface area contributed by atoms with E-state index in [4.69, 9.17) is 19.2 Å². The van der Waals surface area contributed by atoms with Crippen LogP contribution in [0, 0.1) is 0 Å². The predicted molar refractivity (Wildman–Crippen MR) is 91.7 cm³/mol. The van der Waals surface area contributed by atoms with Crippen molar-refractivity contribution in [3.05, 3.63) is 17.7 Å². The second-order valence-electron chi connectivity index (χ2n) is 5.37. The van der Waals surface area contributed by atoms with E-state index in [9.17, 15) is 0 Å². The van der Waals surface area contributed by atoms with Crippen molar-refractivity contribution < 1.29 is 14.2 Å². The van der Waals surface area contributed by atoms with E-state index in [1.807, 2.05) is 12.1 Å². The Hall–Kier alpha value is -2.11. The standard InChI is InChI=1S/C17H27N3O3/c1-5-18-17(20-8-6-7-9-20)19-12-14-15(22-3)10-13(21-2)11-16(14)23-4/h10-11H,5-9,12H2,1-4H3,(H,18,19). The molecule has 6 heteroatoms. The van der Waals surface area contributed by atoms with Crippen molar-refractivity contribution in [2.75, 3.05) is 41.0 Å². The van der Waals surface area contributed by atoms with Gasteiger partial charge < -0.3 is 24.4 Å². The summed E-state index contributed by atoms with van der Waals surface area (Å²) in [5.41, 5.74) is 0.922. The van der Waals surface area contributed by atoms with Crippen LogP contribution in [0.4, 0.5) is 0 Å². The second-order valence-corrected chi connectivity index (χ2v) is 5.37. The minimum atomic E-state index is 0.495. The Labute approximate surface area is 138 Å². The van der Waals surface area contributed by atoms with Gasteiger partial charge in [-0.1, -0.05) is 0 Å². The van der Waals surface area contributed by atoms with Crippen LogP contribution in [0.15, 0.2) is 17.1 Å². The van der Waals surface area contributed by atoms with E-state index in [1.165, 1.54) is 12.8 Å². The molecule has 1 N–H and O–H groups in total. The largest absolute Gasteiger partial charge is 0.496 e. The third kappa shape index (κ3) is 4.21. The molecule has 1 aliphatic rings. The molecule has 0 amide bonds. The van der Waals surface area contributed by atoms with Gasteiger partial charge in [-0.3, -0.25) is 0 Å². The SMILES string of the molecule is CCNC(=NCc1c(OC)cc(OC)cc1OC)N1CCCC1.